The molecule has 2 heterocycles. The van der Waals surface area contributed by atoms with Crippen LogP contribution in [0.2, 0.25) is 0 Å². The topological polar surface area (TPSA) is 111 Å². The molecule has 3 unspecified atom stereocenters. The molecule has 0 spiro atoms. The summed E-state index contributed by atoms with van der Waals surface area (Å²) in [4.78, 5) is 0. The van der Waals surface area contributed by atoms with Gasteiger partial charge < -0.3 is 10.3 Å². The lowest BCUT2D eigenvalue weighted by Crippen LogP contribution is -2.51. The van der Waals surface area contributed by atoms with Gasteiger partial charge in [-0.3, -0.25) is 5.73 Å². The number of hydroxylamine groups is 1. The molecule has 0 aromatic carbocycles. The third kappa shape index (κ3) is 1.01. The Bertz CT molecular complexity index is 521. The first-order chi connectivity index (χ1) is 7.90. The smallest absolute Gasteiger partial charge is 0.227 e. The van der Waals surface area contributed by atoms with Gasteiger partial charge >= 0.3 is 0 Å². The van der Waals surface area contributed by atoms with Crippen LogP contribution in [0.3, 0.4) is 0 Å². The Hall–Kier alpha value is -1.47. The Morgan fingerprint density at radius 2 is 2.24 bits per heavy atom. The molecule has 17 heavy (non-hydrogen) atoms. The highest BCUT2D eigenvalue weighted by molar-refractivity contribution is 5.92. The number of aliphatic hydroxyl groups is 1. The highest BCUT2D eigenvalue weighted by Crippen LogP contribution is 2.46. The van der Waals surface area contributed by atoms with Crippen molar-refractivity contribution in [3.8, 4) is 0 Å². The minimum atomic E-state index is -1.45. The predicted octanol–water partition coefficient (Wildman–Crippen LogP) is -0.521. The summed E-state index contributed by atoms with van der Waals surface area (Å²) >= 11 is 0. The number of hydrogen-bond acceptors (Lipinski definition) is 6. The predicted molar refractivity (Wildman–Crippen MR) is 56.9 cm³/mol. The molecule has 1 aliphatic carbocycles. The monoisotopic (exact) mass is 238 g/mol. The molecule has 0 amide bonds. The number of nitrogens with zero attached hydrogens (tertiary/aromatic N) is 3. The molecule has 7 heteroatoms. The third-order valence-electron chi connectivity index (χ3n) is 4.14. The summed E-state index contributed by atoms with van der Waals surface area (Å²) in [6, 6.07) is 0. The van der Waals surface area contributed by atoms with Crippen LogP contribution in [0.5, 0.6) is 0 Å². The van der Waals surface area contributed by atoms with E-state index >= 15 is 0 Å². The molecule has 7 nitrogen and oxygen atoms in total. The van der Waals surface area contributed by atoms with Crippen molar-refractivity contribution in [3.05, 3.63) is 16.6 Å². The van der Waals surface area contributed by atoms with Gasteiger partial charge in [-0.05, 0) is 0 Å². The highest BCUT2D eigenvalue weighted by Gasteiger charge is 2.65. The van der Waals surface area contributed by atoms with Crippen molar-refractivity contribution in [1.29, 1.82) is 0 Å². The lowest BCUT2D eigenvalue weighted by atomic mass is 9.74. The van der Waals surface area contributed by atoms with Gasteiger partial charge in [0, 0.05) is 19.8 Å². The van der Waals surface area contributed by atoms with Gasteiger partial charge in [0.05, 0.1) is 5.92 Å². The molecule has 0 saturated heterocycles. The fourth-order valence-corrected chi connectivity index (χ4v) is 2.83. The fraction of sp³-hybridized carbons (Fsp3) is 0.700. The summed E-state index contributed by atoms with van der Waals surface area (Å²) in [6.45, 7) is 3.35. The summed E-state index contributed by atoms with van der Waals surface area (Å²) in [5.74, 6) is -0.478. The molecule has 92 valence electrons. The first-order valence-corrected chi connectivity index (χ1v) is 5.57. The van der Waals surface area contributed by atoms with Crippen molar-refractivity contribution in [2.75, 3.05) is 0 Å². The number of rotatable bonds is 0. The van der Waals surface area contributed by atoms with Gasteiger partial charge in [-0.2, -0.15) is 4.74 Å². The van der Waals surface area contributed by atoms with Crippen LogP contribution in [0.15, 0.2) is 4.63 Å². The van der Waals surface area contributed by atoms with E-state index in [-0.39, 0.29) is 0 Å². The average Bonchev–Trinajstić information content (AvgIpc) is 2.80. The molecule has 0 fully saturated rings. The molecule has 0 radical (unpaired) electrons. The van der Waals surface area contributed by atoms with E-state index in [2.05, 4.69) is 14.9 Å². The number of aromatic nitrogens is 2. The normalized spacial score (nSPS) is 40.4. The van der Waals surface area contributed by atoms with Crippen molar-refractivity contribution < 1.29 is 14.5 Å². The van der Waals surface area contributed by atoms with Crippen LogP contribution in [-0.4, -0.2) is 31.5 Å². The Kier molecular flexibility index (Phi) is 1.79. The minimum absolute atomic E-state index is 0.335. The van der Waals surface area contributed by atoms with Crippen molar-refractivity contribution in [2.24, 2.45) is 11.7 Å². The van der Waals surface area contributed by atoms with Crippen molar-refractivity contribution in [2.45, 2.75) is 38.0 Å². The van der Waals surface area contributed by atoms with E-state index < -0.39 is 17.2 Å². The molecule has 2 aliphatic rings. The van der Waals surface area contributed by atoms with E-state index in [0.717, 1.165) is 4.74 Å². The lowest BCUT2D eigenvalue weighted by molar-refractivity contribution is -0.543. The van der Waals surface area contributed by atoms with Gasteiger partial charge in [0.25, 0.3) is 0 Å². The third-order valence-corrected chi connectivity index (χ3v) is 4.14. The molecule has 0 bridgehead atoms. The van der Waals surface area contributed by atoms with Crippen LogP contribution in [-0.2, 0) is 12.0 Å². The minimum Gasteiger partial charge on any atom is -0.622 e. The zero-order chi connectivity index (χ0) is 12.4. The van der Waals surface area contributed by atoms with Crippen molar-refractivity contribution >= 4 is 5.71 Å². The zero-order valence-electron chi connectivity index (χ0n) is 9.67. The molecule has 0 saturated carbocycles. The summed E-state index contributed by atoms with van der Waals surface area (Å²) in [5.41, 5.74) is 4.70. The summed E-state index contributed by atoms with van der Waals surface area (Å²) in [6.07, 6.45) is 0.969. The second kappa shape index (κ2) is 2.85. The second-order valence-corrected chi connectivity index (χ2v) is 5.01. The molecule has 3 atom stereocenters. The summed E-state index contributed by atoms with van der Waals surface area (Å²) in [5, 5.41) is 30.4. The Morgan fingerprint density at radius 3 is 2.94 bits per heavy atom. The molecule has 1 aromatic heterocycles. The number of fused-ring (bicyclic) bond motifs is 3. The SMILES string of the molecule is CC1C2(O)C(=[N+]([O-])C1(C)N)CCc1nonc12. The summed E-state index contributed by atoms with van der Waals surface area (Å²) in [7, 11) is 0. The van der Waals surface area contributed by atoms with E-state index in [1.54, 1.807) is 13.8 Å². The molecule has 3 N–H and O–H groups in total. The van der Waals surface area contributed by atoms with Gasteiger partial charge in [-0.25, -0.2) is 4.63 Å². The van der Waals surface area contributed by atoms with Gasteiger partial charge in [0.15, 0.2) is 5.69 Å². The molecule has 1 aromatic rings. The van der Waals surface area contributed by atoms with E-state index in [9.17, 15) is 10.3 Å². The Morgan fingerprint density at radius 1 is 1.53 bits per heavy atom. The van der Waals surface area contributed by atoms with E-state index in [4.69, 9.17) is 5.73 Å². The van der Waals surface area contributed by atoms with E-state index in [1.165, 1.54) is 0 Å². The lowest BCUT2D eigenvalue weighted by Gasteiger charge is -2.29. The van der Waals surface area contributed by atoms with Crippen LogP contribution >= 0.6 is 0 Å². The number of hydrogen-bond donors (Lipinski definition) is 2. The van der Waals surface area contributed by atoms with Crippen LogP contribution in [0.1, 0.15) is 31.7 Å². The van der Waals surface area contributed by atoms with Crippen LogP contribution in [0.4, 0.5) is 0 Å². The molecular weight excluding hydrogens is 224 g/mol. The maximum atomic E-state index is 12.1. The van der Waals surface area contributed by atoms with E-state index in [0.29, 0.717) is 29.9 Å². The van der Waals surface area contributed by atoms with Gasteiger partial charge in [0.1, 0.15) is 5.69 Å². The summed E-state index contributed by atoms with van der Waals surface area (Å²) < 4.78 is 5.38. The Labute approximate surface area is 97.5 Å². The van der Waals surface area contributed by atoms with Crippen LogP contribution < -0.4 is 5.73 Å². The van der Waals surface area contributed by atoms with Gasteiger partial charge in [0.2, 0.25) is 17.0 Å². The largest absolute Gasteiger partial charge is 0.622 e. The first-order valence-electron chi connectivity index (χ1n) is 5.57. The maximum absolute atomic E-state index is 12.1. The van der Waals surface area contributed by atoms with Crippen molar-refractivity contribution in [1.82, 2.24) is 10.3 Å². The maximum Gasteiger partial charge on any atom is 0.227 e. The average molecular weight is 238 g/mol. The van der Waals surface area contributed by atoms with Crippen LogP contribution in [0.25, 0.3) is 0 Å². The van der Waals surface area contributed by atoms with E-state index in [1.807, 2.05) is 0 Å². The molecular formula is C10H14N4O3. The highest BCUT2D eigenvalue weighted by atomic mass is 16.6. The zero-order valence-corrected chi connectivity index (χ0v) is 9.67. The first kappa shape index (κ1) is 10.7. The second-order valence-electron chi connectivity index (χ2n) is 5.01. The number of aryl methyl sites for hydroxylation is 1. The van der Waals surface area contributed by atoms with Gasteiger partial charge in [-0.1, -0.05) is 17.2 Å². The molecule has 3 rings (SSSR count). The standard InChI is InChI=1S/C10H14N4O3/c1-5-9(2,11)14(16)7-4-3-6-8(10(5,7)15)13-17-12-6/h5,15H,3-4,11H2,1-2H3. The molecule has 1 aliphatic heterocycles. The van der Waals surface area contributed by atoms with Crippen LogP contribution in [0, 0.1) is 11.1 Å². The number of nitrogens with two attached hydrogens (primary N) is 1. The quantitative estimate of drug-likeness (QED) is 0.464. The van der Waals surface area contributed by atoms with Gasteiger partial charge in [-0.15, -0.1) is 0 Å². The van der Waals surface area contributed by atoms with Crippen molar-refractivity contribution in [3.63, 3.8) is 0 Å². The fourth-order valence-electron chi connectivity index (χ4n) is 2.83. The Balaban J connectivity index is 2.27.